The minimum Gasteiger partial charge on any atom is -0.339 e. The molecule has 1 aromatic rings. The van der Waals surface area contributed by atoms with Gasteiger partial charge in [0, 0.05) is 24.5 Å². The summed E-state index contributed by atoms with van der Waals surface area (Å²) < 4.78 is 0. The van der Waals surface area contributed by atoms with Crippen molar-refractivity contribution in [3.63, 3.8) is 0 Å². The highest BCUT2D eigenvalue weighted by molar-refractivity contribution is 6.30. The van der Waals surface area contributed by atoms with E-state index in [0.29, 0.717) is 11.6 Å². The Morgan fingerprint density at radius 2 is 2.11 bits per heavy atom. The van der Waals surface area contributed by atoms with E-state index in [-0.39, 0.29) is 17.9 Å². The first-order valence-electron chi connectivity index (χ1n) is 6.14. The van der Waals surface area contributed by atoms with E-state index in [0.717, 1.165) is 5.56 Å². The maximum absolute atomic E-state index is 12.2. The van der Waals surface area contributed by atoms with Crippen LogP contribution in [0, 0.1) is 5.92 Å². The number of hydrogen-bond donors (Lipinski definition) is 1. The topological polar surface area (TPSA) is 32.3 Å². The van der Waals surface area contributed by atoms with Gasteiger partial charge in [-0.1, -0.05) is 30.7 Å². The van der Waals surface area contributed by atoms with Crippen molar-refractivity contribution in [2.45, 2.75) is 19.9 Å². The smallest absolute Gasteiger partial charge is 0.226 e. The first-order chi connectivity index (χ1) is 8.47. The van der Waals surface area contributed by atoms with Crippen LogP contribution < -0.4 is 5.32 Å². The molecule has 1 amide bonds. The molecule has 0 radical (unpaired) electrons. The lowest BCUT2D eigenvalue weighted by Crippen LogP contribution is -2.37. The summed E-state index contributed by atoms with van der Waals surface area (Å²) in [6, 6.07) is 7.66. The predicted octanol–water partition coefficient (Wildman–Crippen LogP) is 2.71. The van der Waals surface area contributed by atoms with Crippen LogP contribution in [0.2, 0.25) is 5.02 Å². The van der Waals surface area contributed by atoms with E-state index in [4.69, 9.17) is 11.6 Å². The normalized spacial score (nSPS) is 14.1. The van der Waals surface area contributed by atoms with Crippen LogP contribution in [0.15, 0.2) is 24.3 Å². The quantitative estimate of drug-likeness (QED) is 0.891. The molecule has 1 rings (SSSR count). The zero-order valence-electron chi connectivity index (χ0n) is 11.4. The van der Waals surface area contributed by atoms with Crippen molar-refractivity contribution in [3.05, 3.63) is 34.9 Å². The standard InChI is InChI=1S/C14H21ClN2O/c1-10(9-16-3)14(18)17(4)11(2)12-6-5-7-13(15)8-12/h5-8,10-11,16H,9H2,1-4H3. The lowest BCUT2D eigenvalue weighted by Gasteiger charge is -2.28. The summed E-state index contributed by atoms with van der Waals surface area (Å²) in [6.07, 6.45) is 0. The van der Waals surface area contributed by atoms with Gasteiger partial charge in [-0.05, 0) is 31.7 Å². The molecule has 0 aliphatic carbocycles. The number of carbonyl (C=O) groups excluding carboxylic acids is 1. The van der Waals surface area contributed by atoms with Gasteiger partial charge in [-0.15, -0.1) is 0 Å². The molecule has 0 bridgehead atoms. The second-order valence-corrected chi connectivity index (χ2v) is 5.08. The number of nitrogens with one attached hydrogen (secondary N) is 1. The van der Waals surface area contributed by atoms with E-state index < -0.39 is 0 Å². The molecule has 0 saturated heterocycles. The summed E-state index contributed by atoms with van der Waals surface area (Å²) in [5, 5.41) is 3.72. The molecule has 0 fully saturated rings. The highest BCUT2D eigenvalue weighted by Crippen LogP contribution is 2.22. The van der Waals surface area contributed by atoms with Crippen LogP contribution in [0.25, 0.3) is 0 Å². The minimum absolute atomic E-state index is 0.0236. The van der Waals surface area contributed by atoms with Crippen molar-refractivity contribution in [1.82, 2.24) is 10.2 Å². The predicted molar refractivity (Wildman–Crippen MR) is 75.7 cm³/mol. The molecule has 0 heterocycles. The number of carbonyl (C=O) groups is 1. The fraction of sp³-hybridized carbons (Fsp3) is 0.500. The lowest BCUT2D eigenvalue weighted by atomic mass is 10.0. The zero-order valence-corrected chi connectivity index (χ0v) is 12.2. The van der Waals surface area contributed by atoms with Gasteiger partial charge < -0.3 is 10.2 Å². The van der Waals surface area contributed by atoms with Gasteiger partial charge >= 0.3 is 0 Å². The molecule has 1 aromatic carbocycles. The van der Waals surface area contributed by atoms with Gasteiger partial charge in [0.05, 0.1) is 6.04 Å². The van der Waals surface area contributed by atoms with Crippen molar-refractivity contribution in [2.24, 2.45) is 5.92 Å². The highest BCUT2D eigenvalue weighted by atomic mass is 35.5. The zero-order chi connectivity index (χ0) is 13.7. The van der Waals surface area contributed by atoms with Gasteiger partial charge in [0.15, 0.2) is 0 Å². The third kappa shape index (κ3) is 3.72. The summed E-state index contributed by atoms with van der Waals surface area (Å²) in [5.41, 5.74) is 1.05. The van der Waals surface area contributed by atoms with E-state index in [1.54, 1.807) is 4.90 Å². The fourth-order valence-corrected chi connectivity index (χ4v) is 2.12. The molecule has 0 saturated carbocycles. The third-order valence-corrected chi connectivity index (χ3v) is 3.43. The van der Waals surface area contributed by atoms with Crippen molar-refractivity contribution in [2.75, 3.05) is 20.6 Å². The fourth-order valence-electron chi connectivity index (χ4n) is 1.92. The molecule has 0 aliphatic heterocycles. The Morgan fingerprint density at radius 3 is 2.67 bits per heavy atom. The van der Waals surface area contributed by atoms with Crippen molar-refractivity contribution in [3.8, 4) is 0 Å². The molecule has 0 aliphatic rings. The summed E-state index contributed by atoms with van der Waals surface area (Å²) >= 11 is 5.97. The number of nitrogens with zero attached hydrogens (tertiary/aromatic N) is 1. The highest BCUT2D eigenvalue weighted by Gasteiger charge is 2.21. The van der Waals surface area contributed by atoms with Gasteiger partial charge in [-0.25, -0.2) is 0 Å². The molecule has 0 aromatic heterocycles. The molecule has 3 nitrogen and oxygen atoms in total. The number of amides is 1. The van der Waals surface area contributed by atoms with E-state index in [2.05, 4.69) is 5.32 Å². The Morgan fingerprint density at radius 1 is 1.44 bits per heavy atom. The maximum Gasteiger partial charge on any atom is 0.226 e. The van der Waals surface area contributed by atoms with Crippen LogP contribution in [0.3, 0.4) is 0 Å². The van der Waals surface area contributed by atoms with Gasteiger partial charge in [-0.2, -0.15) is 0 Å². The van der Waals surface area contributed by atoms with Crippen molar-refractivity contribution >= 4 is 17.5 Å². The Balaban J connectivity index is 2.77. The molecule has 2 unspecified atom stereocenters. The molecule has 2 atom stereocenters. The largest absolute Gasteiger partial charge is 0.339 e. The molecule has 100 valence electrons. The Labute approximate surface area is 114 Å². The molecule has 4 heteroatoms. The lowest BCUT2D eigenvalue weighted by molar-refractivity contribution is -0.135. The number of hydrogen-bond acceptors (Lipinski definition) is 2. The van der Waals surface area contributed by atoms with E-state index in [1.165, 1.54) is 0 Å². The first kappa shape index (κ1) is 15.0. The second-order valence-electron chi connectivity index (χ2n) is 4.64. The van der Waals surface area contributed by atoms with Crippen molar-refractivity contribution in [1.29, 1.82) is 0 Å². The van der Waals surface area contributed by atoms with Gasteiger partial charge in [-0.3, -0.25) is 4.79 Å². The monoisotopic (exact) mass is 268 g/mol. The first-order valence-corrected chi connectivity index (χ1v) is 6.52. The molecule has 0 spiro atoms. The SMILES string of the molecule is CNCC(C)C(=O)N(C)C(C)c1cccc(Cl)c1. The van der Waals surface area contributed by atoms with Gasteiger partial charge in [0.25, 0.3) is 0 Å². The number of benzene rings is 1. The average Bonchev–Trinajstić information content (AvgIpc) is 2.36. The summed E-state index contributed by atoms with van der Waals surface area (Å²) in [7, 11) is 3.68. The van der Waals surface area contributed by atoms with Crippen LogP contribution in [0.1, 0.15) is 25.5 Å². The van der Waals surface area contributed by atoms with Gasteiger partial charge in [0.1, 0.15) is 0 Å². The van der Waals surface area contributed by atoms with E-state index in [1.807, 2.05) is 52.2 Å². The Hall–Kier alpha value is -1.06. The second kappa shape index (κ2) is 6.76. The van der Waals surface area contributed by atoms with Crippen LogP contribution in [0.5, 0.6) is 0 Å². The Kier molecular flexibility index (Phi) is 5.63. The minimum atomic E-state index is -0.0263. The summed E-state index contributed by atoms with van der Waals surface area (Å²) in [6.45, 7) is 4.63. The van der Waals surface area contributed by atoms with Crippen LogP contribution in [-0.2, 0) is 4.79 Å². The molecular weight excluding hydrogens is 248 g/mol. The van der Waals surface area contributed by atoms with Crippen LogP contribution >= 0.6 is 11.6 Å². The summed E-state index contributed by atoms with van der Waals surface area (Å²) in [4.78, 5) is 14.0. The number of rotatable bonds is 5. The van der Waals surface area contributed by atoms with Gasteiger partial charge in [0.2, 0.25) is 5.91 Å². The van der Waals surface area contributed by atoms with Crippen LogP contribution in [0.4, 0.5) is 0 Å². The summed E-state index contributed by atoms with van der Waals surface area (Å²) in [5.74, 6) is 0.110. The maximum atomic E-state index is 12.2. The molecular formula is C14H21ClN2O. The van der Waals surface area contributed by atoms with Crippen LogP contribution in [-0.4, -0.2) is 31.4 Å². The van der Waals surface area contributed by atoms with E-state index in [9.17, 15) is 4.79 Å². The van der Waals surface area contributed by atoms with E-state index >= 15 is 0 Å². The number of halogens is 1. The van der Waals surface area contributed by atoms with Crippen molar-refractivity contribution < 1.29 is 4.79 Å². The average molecular weight is 269 g/mol. The molecule has 18 heavy (non-hydrogen) atoms. The molecule has 1 N–H and O–H groups in total. The third-order valence-electron chi connectivity index (χ3n) is 3.19. The Bertz CT molecular complexity index is 409.